The molecule has 2 amide bonds. The number of aromatic nitrogens is 1. The maximum absolute atomic E-state index is 12.9. The van der Waals surface area contributed by atoms with Crippen molar-refractivity contribution in [2.75, 3.05) is 32.1 Å². The lowest BCUT2D eigenvalue weighted by atomic mass is 10.1. The van der Waals surface area contributed by atoms with Gasteiger partial charge in [-0.15, -0.1) is 11.3 Å². The van der Waals surface area contributed by atoms with Gasteiger partial charge in [-0.25, -0.2) is 4.98 Å². The van der Waals surface area contributed by atoms with Gasteiger partial charge in [-0.1, -0.05) is 18.2 Å². The molecule has 0 aliphatic heterocycles. The van der Waals surface area contributed by atoms with Gasteiger partial charge in [0.1, 0.15) is 6.54 Å². The van der Waals surface area contributed by atoms with E-state index in [1.807, 2.05) is 39.0 Å². The van der Waals surface area contributed by atoms with E-state index < -0.39 is 0 Å². The maximum Gasteiger partial charge on any atom is 0.254 e. The number of rotatable bonds is 8. The summed E-state index contributed by atoms with van der Waals surface area (Å²) >= 11 is 1.43. The van der Waals surface area contributed by atoms with Gasteiger partial charge < -0.3 is 15.0 Å². The summed E-state index contributed by atoms with van der Waals surface area (Å²) < 4.78 is 5.07. The number of benzene rings is 1. The average Bonchev–Trinajstić information content (AvgIpc) is 2.91. The van der Waals surface area contributed by atoms with Crippen LogP contribution in [-0.2, 0) is 9.53 Å². The monoisotopic (exact) mass is 375 g/mol. The first-order valence-corrected chi connectivity index (χ1v) is 9.31. The van der Waals surface area contributed by atoms with E-state index in [1.165, 1.54) is 11.3 Å². The molecule has 0 saturated carbocycles. The highest BCUT2D eigenvalue weighted by atomic mass is 32.1. The lowest BCUT2D eigenvalue weighted by molar-refractivity contribution is -0.116. The summed E-state index contributed by atoms with van der Waals surface area (Å²) in [5.74, 6) is -0.404. The Bertz CT molecular complexity index is 754. The Labute approximate surface area is 158 Å². The van der Waals surface area contributed by atoms with E-state index in [1.54, 1.807) is 18.1 Å². The molecule has 0 fully saturated rings. The smallest absolute Gasteiger partial charge is 0.254 e. The van der Waals surface area contributed by atoms with Crippen molar-refractivity contribution in [1.29, 1.82) is 0 Å². The number of hydrogen-bond donors (Lipinski definition) is 1. The van der Waals surface area contributed by atoms with E-state index >= 15 is 0 Å². The third-order valence-electron chi connectivity index (χ3n) is 4.05. The van der Waals surface area contributed by atoms with Crippen molar-refractivity contribution in [3.63, 3.8) is 0 Å². The molecule has 1 aromatic heterocycles. The number of ether oxygens (including phenoxy) is 1. The van der Waals surface area contributed by atoms with Crippen LogP contribution in [0.1, 0.15) is 32.9 Å². The third-order valence-corrected chi connectivity index (χ3v) is 5.04. The molecule has 0 aliphatic carbocycles. The average molecular weight is 375 g/mol. The summed E-state index contributed by atoms with van der Waals surface area (Å²) in [5.41, 5.74) is 2.40. The van der Waals surface area contributed by atoms with Crippen LogP contribution < -0.4 is 5.32 Å². The molecule has 0 spiro atoms. The SMILES string of the molecule is COCCCN(CC(=O)Nc1nc(C)c(C)s1)C(=O)c1ccccc1C. The van der Waals surface area contributed by atoms with Crippen LogP contribution >= 0.6 is 11.3 Å². The fraction of sp³-hybridized carbons (Fsp3) is 0.421. The van der Waals surface area contributed by atoms with Crippen molar-refractivity contribution >= 4 is 28.3 Å². The molecule has 26 heavy (non-hydrogen) atoms. The summed E-state index contributed by atoms with van der Waals surface area (Å²) in [6.07, 6.45) is 0.664. The molecule has 1 heterocycles. The number of aryl methyl sites for hydroxylation is 3. The standard InChI is InChI=1S/C19H25N3O3S/c1-13-8-5-6-9-16(13)18(24)22(10-7-11-25-4)12-17(23)21-19-20-14(2)15(3)26-19/h5-6,8-9H,7,10-12H2,1-4H3,(H,20,21,23). The summed E-state index contributed by atoms with van der Waals surface area (Å²) in [6.45, 7) is 6.71. The number of carbonyl (C=O) groups excluding carboxylic acids is 2. The minimum Gasteiger partial charge on any atom is -0.385 e. The third kappa shape index (κ3) is 5.37. The quantitative estimate of drug-likeness (QED) is 0.719. The van der Waals surface area contributed by atoms with Gasteiger partial charge in [-0.2, -0.15) is 0 Å². The van der Waals surface area contributed by atoms with E-state index in [0.717, 1.165) is 16.1 Å². The number of nitrogens with zero attached hydrogens (tertiary/aromatic N) is 2. The normalized spacial score (nSPS) is 10.6. The number of nitrogens with one attached hydrogen (secondary N) is 1. The van der Waals surface area contributed by atoms with Crippen LogP contribution in [0.3, 0.4) is 0 Å². The molecule has 2 rings (SSSR count). The predicted octanol–water partition coefficient (Wildman–Crippen LogP) is 3.19. The molecule has 7 heteroatoms. The van der Waals surface area contributed by atoms with Crippen LogP contribution in [0.15, 0.2) is 24.3 Å². The summed E-state index contributed by atoms with van der Waals surface area (Å²) in [6, 6.07) is 7.39. The Kier molecular flexibility index (Phi) is 7.29. The Balaban J connectivity index is 2.09. The Morgan fingerprint density at radius 1 is 1.23 bits per heavy atom. The maximum atomic E-state index is 12.9. The van der Waals surface area contributed by atoms with Crippen LogP contribution in [-0.4, -0.2) is 48.5 Å². The Morgan fingerprint density at radius 2 is 1.96 bits per heavy atom. The number of carbonyl (C=O) groups is 2. The zero-order valence-electron chi connectivity index (χ0n) is 15.7. The zero-order chi connectivity index (χ0) is 19.1. The minimum absolute atomic E-state index is 0.0193. The van der Waals surface area contributed by atoms with E-state index in [-0.39, 0.29) is 18.4 Å². The van der Waals surface area contributed by atoms with Crippen LogP contribution in [0.5, 0.6) is 0 Å². The second-order valence-electron chi connectivity index (χ2n) is 6.10. The van der Waals surface area contributed by atoms with Crippen LogP contribution in [0, 0.1) is 20.8 Å². The Morgan fingerprint density at radius 3 is 2.58 bits per heavy atom. The molecule has 0 aliphatic rings. The van der Waals surface area contributed by atoms with Crippen LogP contribution in [0.4, 0.5) is 5.13 Å². The van der Waals surface area contributed by atoms with Gasteiger partial charge in [0.05, 0.1) is 5.69 Å². The molecule has 0 saturated heterocycles. The Hall–Kier alpha value is -2.25. The lowest BCUT2D eigenvalue weighted by Gasteiger charge is -2.22. The van der Waals surface area contributed by atoms with Gasteiger partial charge in [0.25, 0.3) is 5.91 Å². The van der Waals surface area contributed by atoms with Gasteiger partial charge in [0.15, 0.2) is 5.13 Å². The van der Waals surface area contributed by atoms with Crippen molar-refractivity contribution in [3.8, 4) is 0 Å². The summed E-state index contributed by atoms with van der Waals surface area (Å²) in [7, 11) is 1.62. The number of methoxy groups -OCH3 is 1. The molecule has 0 atom stereocenters. The first-order chi connectivity index (χ1) is 12.4. The molecule has 0 unspecified atom stereocenters. The van der Waals surface area contributed by atoms with Gasteiger partial charge in [-0.3, -0.25) is 9.59 Å². The fourth-order valence-corrected chi connectivity index (χ4v) is 3.32. The molecule has 140 valence electrons. The number of thiazole rings is 1. The highest BCUT2D eigenvalue weighted by Gasteiger charge is 2.20. The van der Waals surface area contributed by atoms with Crippen molar-refractivity contribution in [2.24, 2.45) is 0 Å². The van der Waals surface area contributed by atoms with Crippen LogP contribution in [0.25, 0.3) is 0 Å². The van der Waals surface area contributed by atoms with Crippen molar-refractivity contribution in [2.45, 2.75) is 27.2 Å². The molecule has 0 radical (unpaired) electrons. The lowest BCUT2D eigenvalue weighted by Crippen LogP contribution is -2.39. The van der Waals surface area contributed by atoms with Gasteiger partial charge in [0.2, 0.25) is 5.91 Å². The number of hydrogen-bond acceptors (Lipinski definition) is 5. The van der Waals surface area contributed by atoms with Crippen molar-refractivity contribution in [3.05, 3.63) is 46.0 Å². The zero-order valence-corrected chi connectivity index (χ0v) is 16.5. The minimum atomic E-state index is -0.252. The molecular formula is C19H25N3O3S. The van der Waals surface area contributed by atoms with E-state index in [9.17, 15) is 9.59 Å². The molecule has 1 aromatic carbocycles. The predicted molar refractivity (Wildman–Crippen MR) is 104 cm³/mol. The van der Waals surface area contributed by atoms with Gasteiger partial charge >= 0.3 is 0 Å². The van der Waals surface area contributed by atoms with Gasteiger partial charge in [0, 0.05) is 30.7 Å². The first-order valence-electron chi connectivity index (χ1n) is 8.50. The van der Waals surface area contributed by atoms with Crippen molar-refractivity contribution < 1.29 is 14.3 Å². The van der Waals surface area contributed by atoms with E-state index in [0.29, 0.717) is 30.3 Å². The number of anilines is 1. The van der Waals surface area contributed by atoms with E-state index in [2.05, 4.69) is 10.3 Å². The molecule has 0 bridgehead atoms. The molecule has 2 aromatic rings. The summed E-state index contributed by atoms with van der Waals surface area (Å²) in [4.78, 5) is 32.3. The van der Waals surface area contributed by atoms with Crippen LogP contribution in [0.2, 0.25) is 0 Å². The second kappa shape index (κ2) is 9.45. The molecule has 6 nitrogen and oxygen atoms in total. The van der Waals surface area contributed by atoms with E-state index in [4.69, 9.17) is 4.74 Å². The highest BCUT2D eigenvalue weighted by Crippen LogP contribution is 2.21. The first kappa shape index (κ1) is 20.1. The van der Waals surface area contributed by atoms with Crippen molar-refractivity contribution in [1.82, 2.24) is 9.88 Å². The fourth-order valence-electron chi connectivity index (χ4n) is 2.49. The second-order valence-corrected chi connectivity index (χ2v) is 7.30. The molecular weight excluding hydrogens is 350 g/mol. The topological polar surface area (TPSA) is 71.5 Å². The number of amides is 2. The van der Waals surface area contributed by atoms with Gasteiger partial charge in [-0.05, 0) is 38.8 Å². The summed E-state index contributed by atoms with van der Waals surface area (Å²) in [5, 5.41) is 3.35. The largest absolute Gasteiger partial charge is 0.385 e. The highest BCUT2D eigenvalue weighted by molar-refractivity contribution is 7.15. The molecule has 1 N–H and O–H groups in total.